The molecule has 2 amide bonds. The van der Waals surface area contributed by atoms with E-state index in [0.717, 1.165) is 11.1 Å². The highest BCUT2D eigenvalue weighted by Crippen LogP contribution is 2.48. The van der Waals surface area contributed by atoms with Gasteiger partial charge in [0.2, 0.25) is 11.8 Å². The number of amides is 2. The topological polar surface area (TPSA) is 98.1 Å². The number of rotatable bonds is 7. The Hall–Kier alpha value is -3.64. The van der Waals surface area contributed by atoms with Crippen molar-refractivity contribution < 1.29 is 51.3 Å². The molecular weight excluding hydrogens is 568 g/mol. The van der Waals surface area contributed by atoms with Gasteiger partial charge >= 0.3 is 12.4 Å². The number of aliphatic hydroxyl groups excluding tert-OH is 2. The molecule has 42 heavy (non-hydrogen) atoms. The average molecular weight is 598 g/mol. The van der Waals surface area contributed by atoms with E-state index >= 15 is 0 Å². The van der Waals surface area contributed by atoms with E-state index in [-0.39, 0.29) is 24.7 Å². The molecule has 0 aromatic heterocycles. The maximum absolute atomic E-state index is 13.5. The monoisotopic (exact) mass is 597 g/mol. The predicted molar refractivity (Wildman–Crippen MR) is 141 cm³/mol. The Balaban J connectivity index is 1.62. The van der Waals surface area contributed by atoms with Crippen molar-refractivity contribution in [1.29, 1.82) is 0 Å². The first-order chi connectivity index (χ1) is 19.5. The van der Waals surface area contributed by atoms with Crippen LogP contribution in [-0.4, -0.2) is 39.8 Å². The molecule has 0 saturated carbocycles. The summed E-state index contributed by atoms with van der Waals surface area (Å²) in [6.07, 6.45) is -9.17. The number of hydrogen-bond acceptors (Lipinski definition) is 5. The van der Waals surface area contributed by atoms with Crippen LogP contribution < -0.4 is 4.90 Å². The smallest absolute Gasteiger partial charge is 0.416 e. The van der Waals surface area contributed by atoms with Crippen LogP contribution in [0.5, 0.6) is 5.75 Å². The van der Waals surface area contributed by atoms with E-state index in [0.29, 0.717) is 34.6 Å². The second-order valence-electron chi connectivity index (χ2n) is 10.8. The number of aromatic hydroxyl groups is 1. The molecule has 0 radical (unpaired) electrons. The molecular formula is C30H29F6NO5. The van der Waals surface area contributed by atoms with Crippen LogP contribution >= 0.6 is 0 Å². The van der Waals surface area contributed by atoms with Crippen molar-refractivity contribution in [3.05, 3.63) is 75.9 Å². The highest BCUT2D eigenvalue weighted by atomic mass is 19.4. The fraction of sp³-hybridized carbons (Fsp3) is 0.400. The van der Waals surface area contributed by atoms with Crippen LogP contribution in [0, 0.1) is 17.8 Å². The molecule has 2 aliphatic rings. The summed E-state index contributed by atoms with van der Waals surface area (Å²) in [5, 5.41) is 31.0. The number of allylic oxidation sites excluding steroid dienone is 2. The van der Waals surface area contributed by atoms with E-state index in [4.69, 9.17) is 0 Å². The van der Waals surface area contributed by atoms with Gasteiger partial charge in [-0.1, -0.05) is 29.4 Å². The van der Waals surface area contributed by atoms with Gasteiger partial charge in [0, 0.05) is 5.92 Å². The van der Waals surface area contributed by atoms with Gasteiger partial charge in [-0.25, -0.2) is 4.90 Å². The van der Waals surface area contributed by atoms with Gasteiger partial charge in [0.25, 0.3) is 0 Å². The Morgan fingerprint density at radius 1 is 1.02 bits per heavy atom. The van der Waals surface area contributed by atoms with Gasteiger partial charge in [0.1, 0.15) is 5.75 Å². The average Bonchev–Trinajstić information content (AvgIpc) is 3.14. The molecule has 2 aromatic rings. The summed E-state index contributed by atoms with van der Waals surface area (Å²) < 4.78 is 80.7. The fourth-order valence-corrected chi connectivity index (χ4v) is 5.93. The number of halogens is 6. The van der Waals surface area contributed by atoms with Crippen molar-refractivity contribution in [3.63, 3.8) is 0 Å². The van der Waals surface area contributed by atoms with Crippen molar-refractivity contribution in [2.45, 2.75) is 51.6 Å². The summed E-state index contributed by atoms with van der Waals surface area (Å²) >= 11 is 0. The zero-order chi connectivity index (χ0) is 31.1. The molecule has 0 unspecified atom stereocenters. The second kappa shape index (κ2) is 11.6. The van der Waals surface area contributed by atoms with Gasteiger partial charge in [0.15, 0.2) is 0 Å². The first-order valence-electron chi connectivity index (χ1n) is 13.1. The number of carbonyl (C=O) groups excluding carboxylic acids is 2. The molecule has 226 valence electrons. The molecule has 1 heterocycles. The minimum Gasteiger partial charge on any atom is -0.508 e. The maximum Gasteiger partial charge on any atom is 0.416 e. The van der Waals surface area contributed by atoms with Crippen molar-refractivity contribution in [1.82, 2.24) is 0 Å². The van der Waals surface area contributed by atoms with E-state index in [9.17, 15) is 51.3 Å². The highest BCUT2D eigenvalue weighted by Gasteiger charge is 2.55. The summed E-state index contributed by atoms with van der Waals surface area (Å²) in [6.45, 7) is 2.76. The van der Waals surface area contributed by atoms with Gasteiger partial charge in [-0.15, -0.1) is 0 Å². The molecule has 0 spiro atoms. The summed E-state index contributed by atoms with van der Waals surface area (Å²) in [7, 11) is 0. The predicted octanol–water partition coefficient (Wildman–Crippen LogP) is 6.11. The summed E-state index contributed by atoms with van der Waals surface area (Å²) in [5.41, 5.74) is -1.75. The standard InChI is InChI=1S/C30H29F6NO5/c1-15(8-17-4-3-5-21(39)10-17)6-7-24(40)25-16(2)9-22-26(23(25)14-38)28(42)37(27(22)41)20-12-18(29(31,32)33)11-19(13-20)30(34,35)36/h3-5,8,10-13,22-24,26,38-40H,6-7,9,14H2,1-2H3/b15-8+/t22-,23+,24-,26-/m1/s1. The lowest BCUT2D eigenvalue weighted by atomic mass is 9.68. The second-order valence-corrected chi connectivity index (χ2v) is 10.8. The number of fused-ring (bicyclic) bond motifs is 1. The number of benzene rings is 2. The third-order valence-corrected chi connectivity index (χ3v) is 7.81. The quantitative estimate of drug-likeness (QED) is 0.203. The number of nitrogens with zero attached hydrogens (tertiary/aromatic N) is 1. The Morgan fingerprint density at radius 3 is 2.19 bits per heavy atom. The summed E-state index contributed by atoms with van der Waals surface area (Å²) in [5.74, 6) is -5.37. The van der Waals surface area contributed by atoms with Gasteiger partial charge in [0.05, 0.1) is 41.4 Å². The lowest BCUT2D eigenvalue weighted by Gasteiger charge is -2.35. The lowest BCUT2D eigenvalue weighted by Crippen LogP contribution is -2.38. The summed E-state index contributed by atoms with van der Waals surface area (Å²) in [4.78, 5) is 27.2. The van der Waals surface area contributed by atoms with Crippen molar-refractivity contribution >= 4 is 23.6 Å². The molecule has 3 N–H and O–H groups in total. The normalized spacial score (nSPS) is 22.6. The molecule has 6 nitrogen and oxygen atoms in total. The van der Waals surface area contributed by atoms with Crippen LogP contribution in [-0.2, 0) is 21.9 Å². The third-order valence-electron chi connectivity index (χ3n) is 7.81. The molecule has 0 bridgehead atoms. The van der Waals surface area contributed by atoms with Crippen LogP contribution in [0.4, 0.5) is 32.0 Å². The number of anilines is 1. The minimum absolute atomic E-state index is 0.0577. The molecule has 1 saturated heterocycles. The van der Waals surface area contributed by atoms with Crippen LogP contribution in [0.2, 0.25) is 0 Å². The minimum atomic E-state index is -5.18. The molecule has 1 aliphatic carbocycles. The first kappa shape index (κ1) is 31.3. The van der Waals surface area contributed by atoms with E-state index in [1.54, 1.807) is 25.1 Å². The first-order valence-corrected chi connectivity index (χ1v) is 13.1. The number of imide groups is 1. The largest absolute Gasteiger partial charge is 0.508 e. The number of hydrogen-bond donors (Lipinski definition) is 3. The Labute approximate surface area is 237 Å². The molecule has 4 atom stereocenters. The highest BCUT2D eigenvalue weighted by molar-refractivity contribution is 6.22. The molecule has 1 aliphatic heterocycles. The zero-order valence-electron chi connectivity index (χ0n) is 22.6. The van der Waals surface area contributed by atoms with E-state index in [1.807, 2.05) is 13.0 Å². The van der Waals surface area contributed by atoms with Gasteiger partial charge < -0.3 is 15.3 Å². The molecule has 2 aromatic carbocycles. The Morgan fingerprint density at radius 2 is 1.64 bits per heavy atom. The third kappa shape index (κ3) is 6.24. The molecule has 12 heteroatoms. The maximum atomic E-state index is 13.5. The number of alkyl halides is 6. The molecule has 4 rings (SSSR count). The van der Waals surface area contributed by atoms with Crippen molar-refractivity contribution in [2.24, 2.45) is 17.8 Å². The fourth-order valence-electron chi connectivity index (χ4n) is 5.93. The Kier molecular flexibility index (Phi) is 8.62. The number of aliphatic hydroxyl groups is 2. The van der Waals surface area contributed by atoms with Gasteiger partial charge in [-0.3, -0.25) is 9.59 Å². The lowest BCUT2D eigenvalue weighted by molar-refractivity contribution is -0.143. The Bertz CT molecular complexity index is 1410. The van der Waals surface area contributed by atoms with Crippen molar-refractivity contribution in [3.8, 4) is 5.75 Å². The van der Waals surface area contributed by atoms with Crippen LogP contribution in [0.15, 0.2) is 59.2 Å². The number of phenolic OH excluding ortho intramolecular Hbond substituents is 1. The van der Waals surface area contributed by atoms with E-state index in [1.165, 1.54) is 6.07 Å². The van der Waals surface area contributed by atoms with E-state index < -0.39 is 71.4 Å². The number of carbonyl (C=O) groups is 2. The van der Waals surface area contributed by atoms with Crippen molar-refractivity contribution in [2.75, 3.05) is 11.5 Å². The van der Waals surface area contributed by atoms with E-state index in [2.05, 4.69) is 0 Å². The van der Waals surface area contributed by atoms with Crippen LogP contribution in [0.3, 0.4) is 0 Å². The zero-order valence-corrected chi connectivity index (χ0v) is 22.6. The molecule has 1 fully saturated rings. The SMILES string of the molecule is CC1=C([C@H](O)CC/C(C)=C/c2cccc(O)c2)[C@H](CO)[C@@H]2C(=O)N(c3cc(C(F)(F)F)cc(C(F)(F)F)c3)C(=O)[C@@H]2C1. The van der Waals surface area contributed by atoms with Crippen LogP contribution in [0.1, 0.15) is 49.8 Å². The summed E-state index contributed by atoms with van der Waals surface area (Å²) in [6, 6.07) is 7.11. The van der Waals surface area contributed by atoms with Crippen LogP contribution in [0.25, 0.3) is 6.08 Å². The van der Waals surface area contributed by atoms with Gasteiger partial charge in [-0.2, -0.15) is 26.3 Å². The van der Waals surface area contributed by atoms with Gasteiger partial charge in [-0.05, 0) is 74.6 Å². The number of phenols is 1.